The zero-order valence-corrected chi connectivity index (χ0v) is 14.2. The average molecular weight is 277 g/mol. The van der Waals surface area contributed by atoms with E-state index < -0.39 is 0 Å². The molecule has 0 aromatic rings. The second kappa shape index (κ2) is 7.64. The minimum atomic E-state index is 0.734. The fourth-order valence-electron chi connectivity index (χ4n) is 4.30. The lowest BCUT2D eigenvalue weighted by atomic mass is 9.78. The van der Waals surface area contributed by atoms with Gasteiger partial charge in [0.1, 0.15) is 0 Å². The van der Waals surface area contributed by atoms with Crippen LogP contribution in [-0.2, 0) is 0 Å². The van der Waals surface area contributed by atoms with Crippen LogP contribution in [0.3, 0.4) is 0 Å². The van der Waals surface area contributed by atoms with Crippen molar-refractivity contribution in [2.75, 3.05) is 0 Å². The van der Waals surface area contributed by atoms with E-state index in [1.165, 1.54) is 57.8 Å². The van der Waals surface area contributed by atoms with Crippen LogP contribution in [0.25, 0.3) is 0 Å². The summed E-state index contributed by atoms with van der Waals surface area (Å²) in [5.74, 6) is 1.73. The van der Waals surface area contributed by atoms with Crippen LogP contribution in [0.4, 0.5) is 0 Å². The van der Waals surface area contributed by atoms with Gasteiger partial charge in [-0.05, 0) is 56.8 Å². The average Bonchev–Trinajstić information content (AvgIpc) is 2.46. The van der Waals surface area contributed by atoms with Gasteiger partial charge in [0.2, 0.25) is 0 Å². The zero-order chi connectivity index (χ0) is 14.5. The number of hydrogen-bond donors (Lipinski definition) is 1. The Morgan fingerprint density at radius 1 is 0.950 bits per heavy atom. The maximum atomic E-state index is 4.06. The Bertz CT molecular complexity index is 325. The van der Waals surface area contributed by atoms with Crippen LogP contribution in [-0.4, -0.2) is 12.1 Å². The second-order valence-corrected chi connectivity index (χ2v) is 7.28. The van der Waals surface area contributed by atoms with Gasteiger partial charge in [-0.2, -0.15) is 0 Å². The van der Waals surface area contributed by atoms with Crippen LogP contribution in [0.2, 0.25) is 0 Å². The fraction of sp³-hybridized carbons (Fsp3) is 0.895. The van der Waals surface area contributed by atoms with Crippen molar-refractivity contribution in [1.82, 2.24) is 5.32 Å². The van der Waals surface area contributed by atoms with Crippen molar-refractivity contribution in [2.45, 2.75) is 97.6 Å². The minimum Gasteiger partial charge on any atom is -0.310 e. The van der Waals surface area contributed by atoms with E-state index >= 15 is 0 Å². The molecule has 0 aliphatic heterocycles. The normalized spacial score (nSPS) is 35.1. The molecule has 1 heteroatoms. The van der Waals surface area contributed by atoms with Gasteiger partial charge < -0.3 is 5.32 Å². The van der Waals surface area contributed by atoms with Crippen molar-refractivity contribution in [2.24, 2.45) is 11.8 Å². The molecule has 0 aromatic carbocycles. The van der Waals surface area contributed by atoms with E-state index in [2.05, 4.69) is 33.0 Å². The smallest absolute Gasteiger partial charge is 0.0133 e. The Labute approximate surface area is 126 Å². The molecule has 2 saturated carbocycles. The molecule has 0 spiro atoms. The number of allylic oxidation sites excluding steroid dienone is 1. The molecular formula is C19H35N. The summed E-state index contributed by atoms with van der Waals surface area (Å²) in [6.07, 6.45) is 12.3. The van der Waals surface area contributed by atoms with E-state index in [-0.39, 0.29) is 0 Å². The number of rotatable bonds is 4. The summed E-state index contributed by atoms with van der Waals surface area (Å²) in [6.45, 7) is 9.56. The first-order chi connectivity index (χ1) is 9.65. The van der Waals surface area contributed by atoms with E-state index in [9.17, 15) is 0 Å². The van der Waals surface area contributed by atoms with Gasteiger partial charge in [-0.25, -0.2) is 0 Å². The van der Waals surface area contributed by atoms with Gasteiger partial charge in [-0.15, -0.1) is 0 Å². The van der Waals surface area contributed by atoms with E-state index in [1.807, 2.05) is 0 Å². The molecule has 0 amide bonds. The van der Waals surface area contributed by atoms with Gasteiger partial charge in [-0.3, -0.25) is 0 Å². The molecule has 1 N–H and O–H groups in total. The molecule has 0 saturated heterocycles. The maximum Gasteiger partial charge on any atom is 0.0133 e. The first-order valence-corrected chi connectivity index (χ1v) is 9.11. The largest absolute Gasteiger partial charge is 0.310 e. The lowest BCUT2D eigenvalue weighted by molar-refractivity contribution is 0.215. The van der Waals surface area contributed by atoms with Gasteiger partial charge in [-0.1, -0.05) is 51.7 Å². The SMILES string of the molecule is CCC(CC)=C1CCC(C)C(NC2CCCCC2C)C1. The van der Waals surface area contributed by atoms with E-state index in [0.29, 0.717) is 0 Å². The molecule has 1 nitrogen and oxygen atoms in total. The van der Waals surface area contributed by atoms with Gasteiger partial charge >= 0.3 is 0 Å². The Hall–Kier alpha value is -0.300. The Morgan fingerprint density at radius 3 is 2.25 bits per heavy atom. The Kier molecular flexibility index (Phi) is 6.14. The molecular weight excluding hydrogens is 242 g/mol. The zero-order valence-electron chi connectivity index (χ0n) is 14.2. The number of nitrogens with one attached hydrogen (secondary N) is 1. The minimum absolute atomic E-state index is 0.734. The van der Waals surface area contributed by atoms with Crippen LogP contribution in [0.5, 0.6) is 0 Å². The Morgan fingerprint density at radius 2 is 1.60 bits per heavy atom. The maximum absolute atomic E-state index is 4.06. The molecule has 4 atom stereocenters. The summed E-state index contributed by atoms with van der Waals surface area (Å²) in [5, 5.41) is 4.06. The third-order valence-electron chi connectivity index (χ3n) is 5.95. The van der Waals surface area contributed by atoms with Crippen molar-refractivity contribution in [3.63, 3.8) is 0 Å². The molecule has 0 heterocycles. The summed E-state index contributed by atoms with van der Waals surface area (Å²) in [7, 11) is 0. The van der Waals surface area contributed by atoms with Gasteiger partial charge in [0.05, 0.1) is 0 Å². The summed E-state index contributed by atoms with van der Waals surface area (Å²) >= 11 is 0. The fourth-order valence-corrected chi connectivity index (χ4v) is 4.30. The molecule has 0 aromatic heterocycles. The molecule has 2 aliphatic carbocycles. The second-order valence-electron chi connectivity index (χ2n) is 7.28. The highest BCUT2D eigenvalue weighted by Crippen LogP contribution is 2.34. The van der Waals surface area contributed by atoms with E-state index in [0.717, 1.165) is 23.9 Å². The van der Waals surface area contributed by atoms with Crippen molar-refractivity contribution in [3.8, 4) is 0 Å². The number of hydrogen-bond acceptors (Lipinski definition) is 1. The van der Waals surface area contributed by atoms with Crippen molar-refractivity contribution in [1.29, 1.82) is 0 Å². The van der Waals surface area contributed by atoms with Crippen LogP contribution in [0, 0.1) is 11.8 Å². The van der Waals surface area contributed by atoms with Crippen LogP contribution >= 0.6 is 0 Å². The van der Waals surface area contributed by atoms with Gasteiger partial charge in [0.15, 0.2) is 0 Å². The summed E-state index contributed by atoms with van der Waals surface area (Å²) in [4.78, 5) is 0. The third kappa shape index (κ3) is 3.87. The molecule has 4 unspecified atom stereocenters. The van der Waals surface area contributed by atoms with Gasteiger partial charge in [0.25, 0.3) is 0 Å². The van der Waals surface area contributed by atoms with Crippen molar-refractivity contribution in [3.05, 3.63) is 11.1 Å². The summed E-state index contributed by atoms with van der Waals surface area (Å²) < 4.78 is 0. The Balaban J connectivity index is 2.00. The topological polar surface area (TPSA) is 12.0 Å². The predicted molar refractivity (Wildman–Crippen MR) is 89.0 cm³/mol. The highest BCUT2D eigenvalue weighted by atomic mass is 15.0. The van der Waals surface area contributed by atoms with E-state index in [1.54, 1.807) is 11.1 Å². The standard InChI is InChI=1S/C19H35N/c1-5-16(6-2)17-12-11-15(4)19(13-17)20-18-10-8-7-9-14(18)3/h14-15,18-20H,5-13H2,1-4H3. The van der Waals surface area contributed by atoms with Crippen LogP contribution < -0.4 is 5.32 Å². The third-order valence-corrected chi connectivity index (χ3v) is 5.95. The first-order valence-electron chi connectivity index (χ1n) is 9.11. The highest BCUT2D eigenvalue weighted by molar-refractivity contribution is 5.18. The highest BCUT2D eigenvalue weighted by Gasteiger charge is 2.29. The first kappa shape index (κ1) is 16.1. The molecule has 20 heavy (non-hydrogen) atoms. The molecule has 116 valence electrons. The lowest BCUT2D eigenvalue weighted by Gasteiger charge is -2.39. The molecule has 0 radical (unpaired) electrons. The summed E-state index contributed by atoms with van der Waals surface area (Å²) in [6, 6.07) is 1.51. The predicted octanol–water partition coefficient (Wildman–Crippen LogP) is 5.46. The summed E-state index contributed by atoms with van der Waals surface area (Å²) in [5.41, 5.74) is 3.52. The van der Waals surface area contributed by atoms with Crippen molar-refractivity contribution < 1.29 is 0 Å². The lowest BCUT2D eigenvalue weighted by Crippen LogP contribution is -2.47. The monoisotopic (exact) mass is 277 g/mol. The molecule has 2 fully saturated rings. The quantitative estimate of drug-likeness (QED) is 0.673. The van der Waals surface area contributed by atoms with E-state index in [4.69, 9.17) is 0 Å². The molecule has 2 aliphatic rings. The van der Waals surface area contributed by atoms with Crippen LogP contribution in [0.1, 0.15) is 85.5 Å². The van der Waals surface area contributed by atoms with Crippen molar-refractivity contribution >= 4 is 0 Å². The van der Waals surface area contributed by atoms with Crippen LogP contribution in [0.15, 0.2) is 11.1 Å². The molecule has 0 bridgehead atoms. The molecule has 2 rings (SSSR count). The van der Waals surface area contributed by atoms with Gasteiger partial charge in [0, 0.05) is 12.1 Å².